The molecular formula is C13H14ClN3O2S. The van der Waals surface area contributed by atoms with Gasteiger partial charge in [0.25, 0.3) is 0 Å². The van der Waals surface area contributed by atoms with Crippen LogP contribution in [0.25, 0.3) is 11.4 Å². The summed E-state index contributed by atoms with van der Waals surface area (Å²) in [7, 11) is 0. The standard InChI is InChI=1S/C13H14ClN3O2S/c1-2-7-17-12(9-3-5-10(14)6-4-9)15-16-13(17)20-8-11(18)19/h3-6H,2,7-8H2,1H3,(H,18,19). The number of hydrogen-bond donors (Lipinski definition) is 1. The maximum Gasteiger partial charge on any atom is 0.313 e. The Morgan fingerprint density at radius 2 is 2.05 bits per heavy atom. The van der Waals surface area contributed by atoms with Crippen LogP contribution in [0, 0.1) is 0 Å². The number of benzene rings is 1. The van der Waals surface area contributed by atoms with Crippen LogP contribution in [0.1, 0.15) is 13.3 Å². The van der Waals surface area contributed by atoms with Crippen molar-refractivity contribution in [2.24, 2.45) is 0 Å². The number of hydrogen-bond acceptors (Lipinski definition) is 4. The molecule has 0 saturated carbocycles. The molecule has 20 heavy (non-hydrogen) atoms. The zero-order valence-electron chi connectivity index (χ0n) is 10.9. The van der Waals surface area contributed by atoms with Crippen molar-refractivity contribution in [2.75, 3.05) is 5.75 Å². The molecule has 7 heteroatoms. The molecule has 0 saturated heterocycles. The molecular weight excluding hydrogens is 298 g/mol. The molecule has 1 N–H and O–H groups in total. The van der Waals surface area contributed by atoms with Gasteiger partial charge in [-0.25, -0.2) is 0 Å². The lowest BCUT2D eigenvalue weighted by molar-refractivity contribution is -0.133. The second-order valence-corrected chi connectivity index (χ2v) is 5.53. The SMILES string of the molecule is CCCn1c(SCC(=O)O)nnc1-c1ccc(Cl)cc1. The van der Waals surface area contributed by atoms with Crippen LogP contribution in [0.3, 0.4) is 0 Å². The molecule has 2 aromatic rings. The largest absolute Gasteiger partial charge is 0.481 e. The minimum absolute atomic E-state index is 0.0253. The Balaban J connectivity index is 2.32. The average Bonchev–Trinajstić information content (AvgIpc) is 2.81. The second kappa shape index (κ2) is 6.76. The van der Waals surface area contributed by atoms with E-state index in [1.54, 1.807) is 12.1 Å². The number of carboxylic acids is 1. The summed E-state index contributed by atoms with van der Waals surface area (Å²) in [4.78, 5) is 10.7. The van der Waals surface area contributed by atoms with E-state index < -0.39 is 5.97 Å². The highest BCUT2D eigenvalue weighted by Crippen LogP contribution is 2.25. The van der Waals surface area contributed by atoms with Crippen molar-refractivity contribution in [3.63, 3.8) is 0 Å². The fourth-order valence-electron chi connectivity index (χ4n) is 1.76. The van der Waals surface area contributed by atoms with Gasteiger partial charge < -0.3 is 9.67 Å². The van der Waals surface area contributed by atoms with Crippen LogP contribution in [-0.4, -0.2) is 31.6 Å². The van der Waals surface area contributed by atoms with Crippen LogP contribution in [0.2, 0.25) is 5.02 Å². The Morgan fingerprint density at radius 1 is 1.35 bits per heavy atom. The van der Waals surface area contributed by atoms with Crippen molar-refractivity contribution in [2.45, 2.75) is 25.0 Å². The van der Waals surface area contributed by atoms with Crippen LogP contribution in [0.5, 0.6) is 0 Å². The van der Waals surface area contributed by atoms with Gasteiger partial charge in [-0.2, -0.15) is 0 Å². The lowest BCUT2D eigenvalue weighted by Crippen LogP contribution is -2.04. The molecule has 5 nitrogen and oxygen atoms in total. The van der Waals surface area contributed by atoms with E-state index >= 15 is 0 Å². The molecule has 0 aliphatic rings. The molecule has 0 aliphatic carbocycles. The highest BCUT2D eigenvalue weighted by atomic mass is 35.5. The number of thioether (sulfide) groups is 1. The van der Waals surface area contributed by atoms with E-state index in [9.17, 15) is 4.79 Å². The predicted molar refractivity (Wildman–Crippen MR) is 79.1 cm³/mol. The fraction of sp³-hybridized carbons (Fsp3) is 0.308. The molecule has 0 spiro atoms. The zero-order valence-corrected chi connectivity index (χ0v) is 12.5. The number of rotatable bonds is 6. The number of carbonyl (C=O) groups is 1. The summed E-state index contributed by atoms with van der Waals surface area (Å²) in [5, 5.41) is 18.3. The van der Waals surface area contributed by atoms with Gasteiger partial charge in [-0.05, 0) is 30.7 Å². The number of carboxylic acid groups (broad SMARTS) is 1. The first kappa shape index (κ1) is 14.9. The summed E-state index contributed by atoms with van der Waals surface area (Å²) < 4.78 is 1.94. The minimum Gasteiger partial charge on any atom is -0.481 e. The Morgan fingerprint density at radius 3 is 2.65 bits per heavy atom. The molecule has 1 aromatic heterocycles. The van der Waals surface area contributed by atoms with Crippen molar-refractivity contribution < 1.29 is 9.90 Å². The van der Waals surface area contributed by atoms with E-state index in [-0.39, 0.29) is 5.75 Å². The summed E-state index contributed by atoms with van der Waals surface area (Å²) >= 11 is 7.06. The van der Waals surface area contributed by atoms with Crippen LogP contribution in [0.4, 0.5) is 0 Å². The lowest BCUT2D eigenvalue weighted by Gasteiger charge is -2.08. The van der Waals surface area contributed by atoms with Gasteiger partial charge in [-0.15, -0.1) is 10.2 Å². The van der Waals surface area contributed by atoms with Crippen molar-refractivity contribution in [1.82, 2.24) is 14.8 Å². The highest BCUT2D eigenvalue weighted by molar-refractivity contribution is 7.99. The first-order valence-corrected chi connectivity index (χ1v) is 7.52. The van der Waals surface area contributed by atoms with E-state index in [2.05, 4.69) is 17.1 Å². The van der Waals surface area contributed by atoms with Crippen LogP contribution >= 0.6 is 23.4 Å². The number of aliphatic carboxylic acids is 1. The van der Waals surface area contributed by atoms with Crippen LogP contribution < -0.4 is 0 Å². The van der Waals surface area contributed by atoms with Gasteiger partial charge in [0.2, 0.25) is 0 Å². The van der Waals surface area contributed by atoms with Crippen LogP contribution in [0.15, 0.2) is 29.4 Å². The average molecular weight is 312 g/mol. The third-order valence-corrected chi connectivity index (χ3v) is 3.79. The number of halogens is 1. The summed E-state index contributed by atoms with van der Waals surface area (Å²) in [5.74, 6) is -0.159. The Hall–Kier alpha value is -1.53. The minimum atomic E-state index is -0.867. The third-order valence-electron chi connectivity index (χ3n) is 2.59. The molecule has 0 bridgehead atoms. The quantitative estimate of drug-likeness (QED) is 0.830. The second-order valence-electron chi connectivity index (χ2n) is 4.15. The van der Waals surface area contributed by atoms with Gasteiger partial charge in [0.15, 0.2) is 11.0 Å². The fourth-order valence-corrected chi connectivity index (χ4v) is 2.57. The van der Waals surface area contributed by atoms with E-state index in [4.69, 9.17) is 16.7 Å². The molecule has 0 unspecified atom stereocenters. The van der Waals surface area contributed by atoms with E-state index in [0.717, 1.165) is 24.4 Å². The van der Waals surface area contributed by atoms with Crippen molar-refractivity contribution >= 4 is 29.3 Å². The van der Waals surface area contributed by atoms with Gasteiger partial charge in [0.1, 0.15) is 0 Å². The van der Waals surface area contributed by atoms with Gasteiger partial charge in [-0.3, -0.25) is 4.79 Å². The van der Waals surface area contributed by atoms with Gasteiger partial charge in [-0.1, -0.05) is 30.3 Å². The van der Waals surface area contributed by atoms with Crippen molar-refractivity contribution in [3.8, 4) is 11.4 Å². The van der Waals surface area contributed by atoms with Gasteiger partial charge in [0, 0.05) is 17.1 Å². The molecule has 0 atom stereocenters. The summed E-state index contributed by atoms with van der Waals surface area (Å²) in [6.07, 6.45) is 0.916. The van der Waals surface area contributed by atoms with Crippen molar-refractivity contribution in [1.29, 1.82) is 0 Å². The molecule has 0 fully saturated rings. The topological polar surface area (TPSA) is 68.0 Å². The van der Waals surface area contributed by atoms with E-state index in [1.807, 2.05) is 16.7 Å². The zero-order chi connectivity index (χ0) is 14.5. The number of aromatic nitrogens is 3. The smallest absolute Gasteiger partial charge is 0.313 e. The molecule has 106 valence electrons. The van der Waals surface area contributed by atoms with E-state index in [1.165, 1.54) is 11.8 Å². The third kappa shape index (κ3) is 3.52. The predicted octanol–water partition coefficient (Wildman–Crippen LogP) is 3.19. The first-order chi connectivity index (χ1) is 9.61. The Kier molecular flexibility index (Phi) is 5.03. The lowest BCUT2D eigenvalue weighted by atomic mass is 10.2. The number of nitrogens with zero attached hydrogens (tertiary/aromatic N) is 3. The summed E-state index contributed by atoms with van der Waals surface area (Å²) in [6.45, 7) is 2.80. The summed E-state index contributed by atoms with van der Waals surface area (Å²) in [6, 6.07) is 7.35. The molecule has 0 radical (unpaired) electrons. The first-order valence-electron chi connectivity index (χ1n) is 6.15. The van der Waals surface area contributed by atoms with Crippen LogP contribution in [-0.2, 0) is 11.3 Å². The molecule has 0 amide bonds. The van der Waals surface area contributed by atoms with Crippen molar-refractivity contribution in [3.05, 3.63) is 29.3 Å². The van der Waals surface area contributed by atoms with Gasteiger partial charge >= 0.3 is 5.97 Å². The monoisotopic (exact) mass is 311 g/mol. The molecule has 1 aromatic carbocycles. The Labute approximate surface area is 126 Å². The maximum atomic E-state index is 10.7. The van der Waals surface area contributed by atoms with Gasteiger partial charge in [0.05, 0.1) is 5.75 Å². The summed E-state index contributed by atoms with van der Waals surface area (Å²) in [5.41, 5.74) is 0.914. The molecule has 1 heterocycles. The molecule has 2 rings (SSSR count). The Bertz CT molecular complexity index is 598. The highest BCUT2D eigenvalue weighted by Gasteiger charge is 2.14. The van der Waals surface area contributed by atoms with E-state index in [0.29, 0.717) is 10.2 Å². The maximum absolute atomic E-state index is 10.7. The normalized spacial score (nSPS) is 10.7. The molecule has 0 aliphatic heterocycles.